The van der Waals surface area contributed by atoms with Crippen molar-refractivity contribution in [3.63, 3.8) is 0 Å². The zero-order chi connectivity index (χ0) is 27.9. The summed E-state index contributed by atoms with van der Waals surface area (Å²) in [5, 5.41) is 5.75. The summed E-state index contributed by atoms with van der Waals surface area (Å²) >= 11 is 0. The number of hydrogen-bond acceptors (Lipinski definition) is 4. The van der Waals surface area contributed by atoms with E-state index in [1.54, 1.807) is 42.5 Å². The summed E-state index contributed by atoms with van der Waals surface area (Å²) < 4.78 is 53.5. The van der Waals surface area contributed by atoms with Crippen LogP contribution in [0.2, 0.25) is 0 Å². The average molecular weight is 540 g/mol. The monoisotopic (exact) mass is 539 g/mol. The molecule has 0 atom stereocenters. The molecule has 0 unspecified atom stereocenters. The van der Waals surface area contributed by atoms with E-state index in [9.17, 15) is 22.8 Å². The Bertz CT molecular complexity index is 1970. The van der Waals surface area contributed by atoms with Crippen LogP contribution < -0.4 is 15.5 Å². The van der Waals surface area contributed by atoms with E-state index >= 15 is 0 Å². The SMILES string of the molecule is O=C(COc1ccc2c(=O)c(-c3cccc4ccccc34)c(C(F)(F)F)oc2c1)Nc1cccc2ccccc12. The van der Waals surface area contributed by atoms with Crippen molar-refractivity contribution in [2.24, 2.45) is 0 Å². The minimum Gasteiger partial charge on any atom is -0.484 e. The second-order valence-corrected chi connectivity index (χ2v) is 9.18. The van der Waals surface area contributed by atoms with E-state index in [1.807, 2.05) is 36.4 Å². The van der Waals surface area contributed by atoms with Crippen LogP contribution in [0.3, 0.4) is 0 Å². The first-order valence-corrected chi connectivity index (χ1v) is 12.4. The number of ether oxygens (including phenoxy) is 1. The average Bonchev–Trinajstić information content (AvgIpc) is 2.95. The van der Waals surface area contributed by atoms with Gasteiger partial charge >= 0.3 is 6.18 Å². The molecule has 1 N–H and O–H groups in total. The molecule has 6 aromatic rings. The number of rotatable bonds is 5. The Hall–Kier alpha value is -5.11. The number of nitrogens with one attached hydrogen (secondary N) is 1. The van der Waals surface area contributed by atoms with Gasteiger partial charge in [-0.1, -0.05) is 78.9 Å². The number of carbonyl (C=O) groups excluding carboxylic acids is 1. The molecule has 0 saturated carbocycles. The molecule has 0 aliphatic heterocycles. The Morgan fingerprint density at radius 1 is 0.775 bits per heavy atom. The number of amides is 1. The number of alkyl halides is 3. The second kappa shape index (κ2) is 9.89. The highest BCUT2D eigenvalue weighted by molar-refractivity contribution is 6.02. The topological polar surface area (TPSA) is 68.5 Å². The van der Waals surface area contributed by atoms with Crippen molar-refractivity contribution in [2.45, 2.75) is 6.18 Å². The minimum atomic E-state index is -4.94. The van der Waals surface area contributed by atoms with Gasteiger partial charge < -0.3 is 14.5 Å². The van der Waals surface area contributed by atoms with E-state index in [4.69, 9.17) is 9.15 Å². The van der Waals surface area contributed by atoms with Gasteiger partial charge in [0.15, 0.2) is 6.61 Å². The molecule has 198 valence electrons. The maximum absolute atomic E-state index is 14.2. The fourth-order valence-electron chi connectivity index (χ4n) is 4.82. The lowest BCUT2D eigenvalue weighted by molar-refractivity contribution is -0.152. The van der Waals surface area contributed by atoms with E-state index in [0.29, 0.717) is 16.5 Å². The van der Waals surface area contributed by atoms with Crippen molar-refractivity contribution in [3.8, 4) is 16.9 Å². The second-order valence-electron chi connectivity index (χ2n) is 9.18. The van der Waals surface area contributed by atoms with E-state index < -0.39 is 35.4 Å². The third-order valence-electron chi connectivity index (χ3n) is 6.61. The molecule has 5 nitrogen and oxygen atoms in total. The highest BCUT2D eigenvalue weighted by Gasteiger charge is 2.39. The molecule has 8 heteroatoms. The molecule has 0 radical (unpaired) electrons. The first kappa shape index (κ1) is 25.2. The molecule has 0 bridgehead atoms. The zero-order valence-corrected chi connectivity index (χ0v) is 20.8. The Kier molecular flexibility index (Phi) is 6.23. The summed E-state index contributed by atoms with van der Waals surface area (Å²) in [6, 6.07) is 28.7. The first-order chi connectivity index (χ1) is 19.3. The molecule has 0 spiro atoms. The number of benzene rings is 5. The predicted molar refractivity (Wildman–Crippen MR) is 149 cm³/mol. The van der Waals surface area contributed by atoms with Gasteiger partial charge in [-0.25, -0.2) is 0 Å². The van der Waals surface area contributed by atoms with Gasteiger partial charge in [0.25, 0.3) is 5.91 Å². The summed E-state index contributed by atoms with van der Waals surface area (Å²) in [7, 11) is 0. The van der Waals surface area contributed by atoms with Crippen molar-refractivity contribution >= 4 is 44.1 Å². The fraction of sp³-hybridized carbons (Fsp3) is 0.0625. The van der Waals surface area contributed by atoms with Gasteiger partial charge in [-0.05, 0) is 39.9 Å². The zero-order valence-electron chi connectivity index (χ0n) is 20.8. The number of hydrogen-bond donors (Lipinski definition) is 1. The van der Waals surface area contributed by atoms with E-state index in [0.717, 1.165) is 10.8 Å². The molecule has 0 fully saturated rings. The van der Waals surface area contributed by atoms with Crippen molar-refractivity contribution in [1.82, 2.24) is 0 Å². The van der Waals surface area contributed by atoms with Crippen molar-refractivity contribution in [1.29, 1.82) is 0 Å². The Morgan fingerprint density at radius 3 is 2.17 bits per heavy atom. The van der Waals surface area contributed by atoms with Crippen LogP contribution in [0.25, 0.3) is 43.6 Å². The summed E-state index contributed by atoms with van der Waals surface area (Å²) in [6.45, 7) is -0.404. The highest BCUT2D eigenvalue weighted by Crippen LogP contribution is 2.39. The van der Waals surface area contributed by atoms with Gasteiger partial charge in [-0.2, -0.15) is 13.2 Å². The lowest BCUT2D eigenvalue weighted by atomic mass is 9.96. The van der Waals surface area contributed by atoms with E-state index in [2.05, 4.69) is 5.32 Å². The van der Waals surface area contributed by atoms with Gasteiger partial charge in [-0.3, -0.25) is 9.59 Å². The Labute approximate surface area is 225 Å². The lowest BCUT2D eigenvalue weighted by Crippen LogP contribution is -2.20. The summed E-state index contributed by atoms with van der Waals surface area (Å²) in [6.07, 6.45) is -4.94. The largest absolute Gasteiger partial charge is 0.484 e. The summed E-state index contributed by atoms with van der Waals surface area (Å²) in [4.78, 5) is 26.0. The molecule has 0 saturated heterocycles. The molecule has 1 aromatic heterocycles. The molecule has 1 amide bonds. The van der Waals surface area contributed by atoms with Crippen molar-refractivity contribution < 1.29 is 27.1 Å². The smallest absolute Gasteiger partial charge is 0.450 e. The molecule has 0 aliphatic rings. The molecular weight excluding hydrogens is 519 g/mol. The van der Waals surface area contributed by atoms with Crippen molar-refractivity contribution in [2.75, 3.05) is 11.9 Å². The quantitative estimate of drug-likeness (QED) is 0.243. The lowest BCUT2D eigenvalue weighted by Gasteiger charge is -2.15. The van der Waals surface area contributed by atoms with Gasteiger partial charge in [0.2, 0.25) is 11.2 Å². The highest BCUT2D eigenvalue weighted by atomic mass is 19.4. The maximum Gasteiger partial charge on any atom is 0.450 e. The van der Waals surface area contributed by atoms with Crippen LogP contribution in [0.15, 0.2) is 112 Å². The Morgan fingerprint density at radius 2 is 1.43 bits per heavy atom. The van der Waals surface area contributed by atoms with E-state index in [1.165, 1.54) is 24.3 Å². The number of anilines is 1. The van der Waals surface area contributed by atoms with Crippen molar-refractivity contribution in [3.05, 3.63) is 119 Å². The van der Waals surface area contributed by atoms with Crippen LogP contribution in [-0.4, -0.2) is 12.5 Å². The van der Waals surface area contributed by atoms with Crippen LogP contribution in [0.4, 0.5) is 18.9 Å². The number of halogens is 3. The van der Waals surface area contributed by atoms with Crippen LogP contribution in [0.1, 0.15) is 5.76 Å². The molecule has 1 heterocycles. The molecular formula is C32H20F3NO4. The van der Waals surface area contributed by atoms with Gasteiger partial charge in [0.1, 0.15) is 11.3 Å². The van der Waals surface area contributed by atoms with Crippen LogP contribution in [0.5, 0.6) is 5.75 Å². The normalized spacial score (nSPS) is 11.7. The standard InChI is InChI=1S/C32H20F3NO4/c33-32(34,35)31-29(24-13-5-9-19-7-1-3-11-22(19)24)30(38)25-16-15-21(17-27(25)40-31)39-18-28(37)36-26-14-6-10-20-8-2-4-12-23(20)26/h1-17H,18H2,(H,36,37). The number of fused-ring (bicyclic) bond motifs is 3. The predicted octanol–water partition coefficient (Wildman–Crippen LogP) is 7.80. The van der Waals surface area contributed by atoms with Crippen LogP contribution in [0, 0.1) is 0 Å². The number of carbonyl (C=O) groups is 1. The van der Waals surface area contributed by atoms with Gasteiger partial charge in [-0.15, -0.1) is 0 Å². The molecule has 6 rings (SSSR count). The summed E-state index contributed by atoms with van der Waals surface area (Å²) in [5.74, 6) is -1.78. The molecule has 0 aliphatic carbocycles. The summed E-state index contributed by atoms with van der Waals surface area (Å²) in [5.41, 5.74) is -0.933. The van der Waals surface area contributed by atoms with E-state index in [-0.39, 0.29) is 22.3 Å². The first-order valence-electron chi connectivity index (χ1n) is 12.4. The molecule has 40 heavy (non-hydrogen) atoms. The van der Waals surface area contributed by atoms with Gasteiger partial charge in [0, 0.05) is 17.1 Å². The third-order valence-corrected chi connectivity index (χ3v) is 6.61. The third kappa shape index (κ3) is 4.64. The Balaban J connectivity index is 1.33. The van der Waals surface area contributed by atoms with Crippen LogP contribution >= 0.6 is 0 Å². The molecule has 5 aromatic carbocycles. The van der Waals surface area contributed by atoms with Crippen LogP contribution in [-0.2, 0) is 11.0 Å². The van der Waals surface area contributed by atoms with Gasteiger partial charge in [0.05, 0.1) is 10.9 Å². The maximum atomic E-state index is 14.2. The minimum absolute atomic E-state index is 0.0384. The fourth-order valence-corrected chi connectivity index (χ4v) is 4.82.